The van der Waals surface area contributed by atoms with Gasteiger partial charge in [0.2, 0.25) is 12.7 Å². The molecule has 2 aliphatic heterocycles. The summed E-state index contributed by atoms with van der Waals surface area (Å²) in [4.78, 5) is 11.9. The quantitative estimate of drug-likeness (QED) is 0.873. The Kier molecular flexibility index (Phi) is 4.06. The predicted molar refractivity (Wildman–Crippen MR) is 74.6 cm³/mol. The molecule has 1 aromatic rings. The van der Waals surface area contributed by atoms with Crippen LogP contribution < -0.4 is 20.1 Å². The lowest BCUT2D eigenvalue weighted by Crippen LogP contribution is -2.34. The number of hydrogen-bond acceptors (Lipinski definition) is 4. The first kappa shape index (κ1) is 13.2. The average molecular weight is 276 g/mol. The van der Waals surface area contributed by atoms with E-state index in [0.29, 0.717) is 18.9 Å². The molecule has 108 valence electrons. The van der Waals surface area contributed by atoms with Crippen LogP contribution in [0.1, 0.15) is 24.8 Å². The van der Waals surface area contributed by atoms with Crippen LogP contribution in [0.15, 0.2) is 18.2 Å². The monoisotopic (exact) mass is 276 g/mol. The molecule has 1 fully saturated rings. The van der Waals surface area contributed by atoms with Crippen LogP contribution in [-0.2, 0) is 11.3 Å². The molecule has 2 N–H and O–H groups in total. The minimum absolute atomic E-state index is 0.122. The van der Waals surface area contributed by atoms with Gasteiger partial charge in [-0.3, -0.25) is 4.79 Å². The summed E-state index contributed by atoms with van der Waals surface area (Å²) in [5.74, 6) is 2.12. The van der Waals surface area contributed by atoms with Crippen molar-refractivity contribution in [1.29, 1.82) is 0 Å². The van der Waals surface area contributed by atoms with E-state index in [9.17, 15) is 4.79 Å². The van der Waals surface area contributed by atoms with E-state index in [1.54, 1.807) is 0 Å². The molecule has 5 nitrogen and oxygen atoms in total. The number of piperidine rings is 1. The summed E-state index contributed by atoms with van der Waals surface area (Å²) in [6, 6.07) is 5.76. The second-order valence-electron chi connectivity index (χ2n) is 5.38. The zero-order chi connectivity index (χ0) is 13.8. The number of carbonyl (C=O) groups excluding carboxylic acids is 1. The fourth-order valence-electron chi connectivity index (χ4n) is 2.68. The first-order chi connectivity index (χ1) is 9.81. The lowest BCUT2D eigenvalue weighted by Gasteiger charge is -2.22. The van der Waals surface area contributed by atoms with Gasteiger partial charge < -0.3 is 20.1 Å². The van der Waals surface area contributed by atoms with Crippen molar-refractivity contribution >= 4 is 5.91 Å². The first-order valence-electron chi connectivity index (χ1n) is 7.17. The summed E-state index contributed by atoms with van der Waals surface area (Å²) < 4.78 is 10.6. The maximum Gasteiger partial charge on any atom is 0.231 e. The highest BCUT2D eigenvalue weighted by Crippen LogP contribution is 2.32. The van der Waals surface area contributed by atoms with Crippen LogP contribution >= 0.6 is 0 Å². The van der Waals surface area contributed by atoms with Crippen molar-refractivity contribution < 1.29 is 14.3 Å². The third kappa shape index (κ3) is 3.22. The Morgan fingerprint density at radius 1 is 1.35 bits per heavy atom. The fourth-order valence-corrected chi connectivity index (χ4v) is 2.68. The molecule has 0 bridgehead atoms. The molecule has 0 aromatic heterocycles. The van der Waals surface area contributed by atoms with Gasteiger partial charge in [-0.05, 0) is 49.5 Å². The predicted octanol–water partition coefficient (Wildman–Crippen LogP) is 1.42. The van der Waals surface area contributed by atoms with Crippen molar-refractivity contribution in [1.82, 2.24) is 10.6 Å². The molecular formula is C15H20N2O3. The molecule has 5 heteroatoms. The summed E-state index contributed by atoms with van der Waals surface area (Å²) >= 11 is 0. The minimum Gasteiger partial charge on any atom is -0.454 e. The third-order valence-electron chi connectivity index (χ3n) is 3.80. The van der Waals surface area contributed by atoms with E-state index in [1.807, 2.05) is 18.2 Å². The van der Waals surface area contributed by atoms with Crippen LogP contribution in [0.5, 0.6) is 11.5 Å². The van der Waals surface area contributed by atoms with Crippen LogP contribution in [0.2, 0.25) is 0 Å². The van der Waals surface area contributed by atoms with Gasteiger partial charge in [0.15, 0.2) is 11.5 Å². The highest BCUT2D eigenvalue weighted by molar-refractivity contribution is 5.76. The molecule has 1 atom stereocenters. The van der Waals surface area contributed by atoms with Crippen molar-refractivity contribution in [2.75, 3.05) is 19.9 Å². The van der Waals surface area contributed by atoms with E-state index in [4.69, 9.17) is 9.47 Å². The van der Waals surface area contributed by atoms with Gasteiger partial charge >= 0.3 is 0 Å². The maximum atomic E-state index is 11.9. The van der Waals surface area contributed by atoms with Crippen LogP contribution in [-0.4, -0.2) is 25.8 Å². The molecular weight excluding hydrogens is 256 g/mol. The summed E-state index contributed by atoms with van der Waals surface area (Å²) in [7, 11) is 0. The minimum atomic E-state index is 0.122. The van der Waals surface area contributed by atoms with E-state index in [-0.39, 0.29) is 12.7 Å². The van der Waals surface area contributed by atoms with E-state index in [2.05, 4.69) is 10.6 Å². The third-order valence-corrected chi connectivity index (χ3v) is 3.80. The molecule has 0 radical (unpaired) electrons. The molecule has 1 aromatic carbocycles. The number of amides is 1. The number of carbonyl (C=O) groups is 1. The molecule has 2 aliphatic rings. The standard InChI is InChI=1S/C15H20N2O3/c18-15(7-11-2-1-5-16-8-11)17-9-12-3-4-13-14(6-12)20-10-19-13/h3-4,6,11,16H,1-2,5,7-10H2,(H,17,18). The fraction of sp³-hybridized carbons (Fsp3) is 0.533. The molecule has 3 rings (SSSR count). The van der Waals surface area contributed by atoms with Crippen molar-refractivity contribution in [3.63, 3.8) is 0 Å². The van der Waals surface area contributed by atoms with Gasteiger partial charge in [-0.15, -0.1) is 0 Å². The van der Waals surface area contributed by atoms with E-state index in [1.165, 1.54) is 6.42 Å². The molecule has 2 heterocycles. The molecule has 1 unspecified atom stereocenters. The molecule has 20 heavy (non-hydrogen) atoms. The molecule has 0 spiro atoms. The zero-order valence-electron chi connectivity index (χ0n) is 11.5. The SMILES string of the molecule is O=C(CC1CCCNC1)NCc1ccc2c(c1)OCO2. The largest absolute Gasteiger partial charge is 0.454 e. The van der Waals surface area contributed by atoms with Gasteiger partial charge in [0.1, 0.15) is 0 Å². The van der Waals surface area contributed by atoms with Crippen molar-refractivity contribution in [3.05, 3.63) is 23.8 Å². The average Bonchev–Trinajstić information content (AvgIpc) is 2.93. The van der Waals surface area contributed by atoms with E-state index >= 15 is 0 Å². The number of ether oxygens (including phenoxy) is 2. The van der Waals surface area contributed by atoms with Crippen molar-refractivity contribution in [2.45, 2.75) is 25.8 Å². The van der Waals surface area contributed by atoms with Gasteiger partial charge in [0.25, 0.3) is 0 Å². The van der Waals surface area contributed by atoms with Gasteiger partial charge in [0.05, 0.1) is 0 Å². The topological polar surface area (TPSA) is 59.6 Å². The molecule has 1 saturated heterocycles. The van der Waals surface area contributed by atoms with Gasteiger partial charge in [-0.25, -0.2) is 0 Å². The van der Waals surface area contributed by atoms with E-state index < -0.39 is 0 Å². The molecule has 1 amide bonds. The first-order valence-corrected chi connectivity index (χ1v) is 7.17. The second kappa shape index (κ2) is 6.13. The van der Waals surface area contributed by atoms with Gasteiger partial charge in [-0.1, -0.05) is 6.07 Å². The number of benzene rings is 1. The Bertz CT molecular complexity index is 484. The Morgan fingerprint density at radius 2 is 2.25 bits per heavy atom. The Morgan fingerprint density at radius 3 is 3.10 bits per heavy atom. The van der Waals surface area contributed by atoms with Crippen LogP contribution in [0.25, 0.3) is 0 Å². The van der Waals surface area contributed by atoms with Crippen LogP contribution in [0, 0.1) is 5.92 Å². The normalized spacial score (nSPS) is 20.7. The van der Waals surface area contributed by atoms with E-state index in [0.717, 1.165) is 36.6 Å². The lowest BCUT2D eigenvalue weighted by atomic mass is 9.96. The zero-order valence-corrected chi connectivity index (χ0v) is 11.5. The number of nitrogens with one attached hydrogen (secondary N) is 2. The summed E-state index contributed by atoms with van der Waals surface area (Å²) in [6.07, 6.45) is 2.92. The summed E-state index contributed by atoms with van der Waals surface area (Å²) in [5, 5.41) is 6.31. The number of hydrogen-bond donors (Lipinski definition) is 2. The number of rotatable bonds is 4. The van der Waals surface area contributed by atoms with Gasteiger partial charge in [0, 0.05) is 13.0 Å². The molecule has 0 aliphatic carbocycles. The highest BCUT2D eigenvalue weighted by atomic mass is 16.7. The smallest absolute Gasteiger partial charge is 0.231 e. The van der Waals surface area contributed by atoms with Gasteiger partial charge in [-0.2, -0.15) is 0 Å². The second-order valence-corrected chi connectivity index (χ2v) is 5.38. The van der Waals surface area contributed by atoms with Crippen molar-refractivity contribution in [3.8, 4) is 11.5 Å². The Hall–Kier alpha value is -1.75. The van der Waals surface area contributed by atoms with Crippen molar-refractivity contribution in [2.24, 2.45) is 5.92 Å². The lowest BCUT2D eigenvalue weighted by molar-refractivity contribution is -0.122. The van der Waals surface area contributed by atoms with Crippen LogP contribution in [0.3, 0.4) is 0 Å². The highest BCUT2D eigenvalue weighted by Gasteiger charge is 2.17. The van der Waals surface area contributed by atoms with Crippen LogP contribution in [0.4, 0.5) is 0 Å². The Labute approximate surface area is 118 Å². The summed E-state index contributed by atoms with van der Waals surface area (Å²) in [5.41, 5.74) is 1.03. The maximum absolute atomic E-state index is 11.9. The Balaban J connectivity index is 1.47. The summed E-state index contributed by atoms with van der Waals surface area (Å²) in [6.45, 7) is 2.85. The number of fused-ring (bicyclic) bond motifs is 1. The molecule has 0 saturated carbocycles.